The van der Waals surface area contributed by atoms with Crippen molar-refractivity contribution >= 4 is 0 Å². The number of halogens is 24. The van der Waals surface area contributed by atoms with Crippen molar-refractivity contribution in [2.75, 3.05) is 13.6 Å². The lowest BCUT2D eigenvalue weighted by Gasteiger charge is -2.23. The zero-order valence-electron chi connectivity index (χ0n) is 20.1. The highest BCUT2D eigenvalue weighted by Crippen LogP contribution is 2.41. The van der Waals surface area contributed by atoms with Gasteiger partial charge in [0.1, 0.15) is 0 Å². The van der Waals surface area contributed by atoms with Crippen molar-refractivity contribution in [2.24, 2.45) is 0 Å². The standard InChI is InChI=1S/C5H2F8O2.C4H2F6O2.C4H4F4O.CF4O.CH2F2/c1-2(6)14-5(12,13)15-4(10,11)3(7,8)9;1-2(5)11-4(9,10)12-3(6,7)8;1-3(6)9-4(7,8)2-5;2-1(3,4)6-5;2-1-3/h1H2;1H2;1-2H2;;1H2. The van der Waals surface area contributed by atoms with Crippen LogP contribution in [0.5, 0.6) is 0 Å². The zero-order chi connectivity index (χ0) is 37.9. The van der Waals surface area contributed by atoms with Crippen molar-refractivity contribution in [3.8, 4) is 0 Å². The molecule has 0 atom stereocenters. The van der Waals surface area contributed by atoms with Gasteiger partial charge in [-0.3, -0.25) is 0 Å². The van der Waals surface area contributed by atoms with Gasteiger partial charge in [-0.25, -0.2) is 17.9 Å². The third-order valence-corrected chi connectivity index (χ3v) is 1.77. The summed E-state index contributed by atoms with van der Waals surface area (Å²) in [7, 11) is 0. The van der Waals surface area contributed by atoms with Gasteiger partial charge in [0.2, 0.25) is 6.93 Å². The second-order valence-electron chi connectivity index (χ2n) is 5.36. The number of hydrogen-bond donors (Lipinski definition) is 0. The maximum absolute atomic E-state index is 12.0. The van der Waals surface area contributed by atoms with E-state index in [0.29, 0.717) is 0 Å². The Hall–Kier alpha value is -3.18. The Bertz CT molecular complexity index is 834. The molecule has 0 rings (SSSR count). The van der Waals surface area contributed by atoms with Crippen LogP contribution in [0.1, 0.15) is 0 Å². The average molecular weight is 742 g/mol. The van der Waals surface area contributed by atoms with E-state index in [9.17, 15) is 106 Å². The van der Waals surface area contributed by atoms with Crippen LogP contribution in [0.15, 0.2) is 37.8 Å². The number of ether oxygens (including phenoxy) is 5. The lowest BCUT2D eigenvalue weighted by Crippen LogP contribution is -2.45. The van der Waals surface area contributed by atoms with Crippen LogP contribution in [0.3, 0.4) is 0 Å². The Morgan fingerprint density at radius 3 is 0.911 bits per heavy atom. The van der Waals surface area contributed by atoms with E-state index in [-0.39, 0.29) is 0 Å². The molecule has 274 valence electrons. The van der Waals surface area contributed by atoms with Gasteiger partial charge in [-0.2, -0.15) is 48.6 Å². The van der Waals surface area contributed by atoms with Crippen LogP contribution in [0.4, 0.5) is 106 Å². The lowest BCUT2D eigenvalue weighted by atomic mass is 10.6. The molecule has 0 aromatic rings. The monoisotopic (exact) mass is 742 g/mol. The maximum Gasteiger partial charge on any atom is 0.553 e. The van der Waals surface area contributed by atoms with Gasteiger partial charge in [-0.05, 0) is 24.3 Å². The summed E-state index contributed by atoms with van der Waals surface area (Å²) in [5.74, 6) is 0. The normalized spacial score (nSPS) is 12.3. The second kappa shape index (κ2) is 20.8. The van der Waals surface area contributed by atoms with E-state index in [1.165, 1.54) is 4.94 Å². The molecule has 30 heteroatoms. The first-order valence-electron chi connectivity index (χ1n) is 8.65. The minimum absolute atomic E-state index is 1.44. The van der Waals surface area contributed by atoms with Gasteiger partial charge in [-0.1, -0.05) is 4.94 Å². The second-order valence-corrected chi connectivity index (χ2v) is 5.36. The SMILES string of the molecule is C=C(F)OC(F)(F)CF.C=C(F)OC(F)(F)OC(F)(F)C(F)(F)F.C=C(F)OC(F)(F)OC(F)(F)F.FCF.FOC(F)(F)F. The number of rotatable bonds is 10. The Kier molecular flexibility index (Phi) is 23.7. The predicted molar refractivity (Wildman–Crippen MR) is 89.4 cm³/mol. The molecule has 0 aliphatic heterocycles. The molecule has 0 bridgehead atoms. The van der Waals surface area contributed by atoms with Crippen LogP contribution in [0.2, 0.25) is 0 Å². The van der Waals surface area contributed by atoms with E-state index in [1.54, 1.807) is 0 Å². The summed E-state index contributed by atoms with van der Waals surface area (Å²) in [5.41, 5.74) is 0. The molecule has 0 unspecified atom stereocenters. The van der Waals surface area contributed by atoms with Crippen LogP contribution < -0.4 is 0 Å². The molecule has 0 radical (unpaired) electrons. The first-order valence-corrected chi connectivity index (χ1v) is 8.65. The molecule has 0 aromatic carbocycles. The van der Waals surface area contributed by atoms with Crippen LogP contribution >= 0.6 is 0 Å². The summed E-state index contributed by atoms with van der Waals surface area (Å²) < 4.78 is 279. The number of hydrogen-bond acceptors (Lipinski definition) is 6. The van der Waals surface area contributed by atoms with Crippen LogP contribution in [-0.4, -0.2) is 57.3 Å². The molecule has 0 saturated heterocycles. The molecule has 0 saturated carbocycles. The van der Waals surface area contributed by atoms with Crippen molar-refractivity contribution in [3.05, 3.63) is 37.8 Å². The molecule has 0 N–H and O–H groups in total. The quantitative estimate of drug-likeness (QED) is 0.126. The third-order valence-electron chi connectivity index (χ3n) is 1.77. The predicted octanol–water partition coefficient (Wildman–Crippen LogP) is 9.99. The third kappa shape index (κ3) is 40.8. The molecule has 0 aliphatic rings. The van der Waals surface area contributed by atoms with Gasteiger partial charge in [-0.15, -0.1) is 43.9 Å². The molecule has 0 amide bonds. The van der Waals surface area contributed by atoms with Gasteiger partial charge in [0.05, 0.1) is 0 Å². The minimum atomic E-state index is -6.38. The summed E-state index contributed by atoms with van der Waals surface area (Å²) in [6, 6.07) is -6.06. The maximum atomic E-state index is 12.0. The van der Waals surface area contributed by atoms with Crippen LogP contribution in [-0.2, 0) is 28.6 Å². The van der Waals surface area contributed by atoms with Gasteiger partial charge in [0.25, 0.3) is 18.0 Å². The Balaban J connectivity index is -0.000000160. The smallest absolute Gasteiger partial charge is 0.405 e. The highest BCUT2D eigenvalue weighted by Gasteiger charge is 2.65. The Morgan fingerprint density at radius 2 is 0.756 bits per heavy atom. The largest absolute Gasteiger partial charge is 0.553 e. The molecule has 0 spiro atoms. The molecule has 0 heterocycles. The van der Waals surface area contributed by atoms with Crippen molar-refractivity contribution < 1.29 is 134 Å². The average Bonchev–Trinajstić information content (AvgIpc) is 2.69. The summed E-state index contributed by atoms with van der Waals surface area (Å²) in [4.78, 5) is 1.44. The molecule has 0 aromatic heterocycles. The summed E-state index contributed by atoms with van der Waals surface area (Å²) >= 11 is 0. The molecule has 45 heavy (non-hydrogen) atoms. The van der Waals surface area contributed by atoms with Crippen molar-refractivity contribution in [3.63, 3.8) is 0 Å². The fourth-order valence-electron chi connectivity index (χ4n) is 0.831. The van der Waals surface area contributed by atoms with Crippen molar-refractivity contribution in [1.29, 1.82) is 0 Å². The highest BCUT2D eigenvalue weighted by molar-refractivity contribution is 4.69. The van der Waals surface area contributed by atoms with E-state index in [2.05, 4.69) is 38.7 Å². The van der Waals surface area contributed by atoms with E-state index in [4.69, 9.17) is 0 Å². The molecular weight excluding hydrogens is 732 g/mol. The topological polar surface area (TPSA) is 55.4 Å². The molecule has 0 aliphatic carbocycles. The highest BCUT2D eigenvalue weighted by atomic mass is 19.5. The van der Waals surface area contributed by atoms with Gasteiger partial charge in [0.15, 0.2) is 6.67 Å². The fraction of sp³-hybridized carbons (Fsp3) is 0.600. The lowest BCUT2D eigenvalue weighted by molar-refractivity contribution is -0.508. The zero-order valence-corrected chi connectivity index (χ0v) is 20.1. The first kappa shape index (κ1) is 51.4. The first-order chi connectivity index (χ1) is 19.4. The minimum Gasteiger partial charge on any atom is -0.405 e. The van der Waals surface area contributed by atoms with E-state index < -0.39 is 75.3 Å². The Labute approximate surface area is 230 Å². The van der Waals surface area contributed by atoms with E-state index >= 15 is 0 Å². The fourth-order valence-corrected chi connectivity index (χ4v) is 0.831. The molecule has 0 fully saturated rings. The van der Waals surface area contributed by atoms with E-state index in [1.807, 2.05) is 4.74 Å². The van der Waals surface area contributed by atoms with Crippen LogP contribution in [0, 0.1) is 0 Å². The van der Waals surface area contributed by atoms with Gasteiger partial charge < -0.3 is 14.2 Å². The summed E-state index contributed by atoms with van der Waals surface area (Å²) in [5, 5.41) is 0. The van der Waals surface area contributed by atoms with E-state index in [0.717, 1.165) is 0 Å². The van der Waals surface area contributed by atoms with Crippen molar-refractivity contribution in [1.82, 2.24) is 0 Å². The molecule has 6 nitrogen and oxygen atoms in total. The Morgan fingerprint density at radius 1 is 0.489 bits per heavy atom. The summed E-state index contributed by atoms with van der Waals surface area (Å²) in [6.45, 7) is 2.75. The summed E-state index contributed by atoms with van der Waals surface area (Å²) in [6.07, 6.45) is -37.9. The van der Waals surface area contributed by atoms with Gasteiger partial charge >= 0.3 is 43.7 Å². The van der Waals surface area contributed by atoms with Gasteiger partial charge in [0, 0.05) is 0 Å². The number of alkyl halides is 20. The van der Waals surface area contributed by atoms with Crippen molar-refractivity contribution in [2.45, 2.75) is 43.7 Å². The molecular formula is C15H10F24O6. The van der Waals surface area contributed by atoms with Crippen LogP contribution in [0.25, 0.3) is 0 Å².